The van der Waals surface area contributed by atoms with Crippen molar-refractivity contribution >= 4 is 86.0 Å². The van der Waals surface area contributed by atoms with Crippen molar-refractivity contribution in [2.24, 2.45) is 0 Å². The third-order valence-corrected chi connectivity index (χ3v) is 10.1. The molecule has 0 atom stereocenters. The molecule has 7 aromatic carbocycles. The number of rotatable bonds is 2. The quantitative estimate of drug-likeness (QED) is 0.195. The Balaban J connectivity index is 1.27. The summed E-state index contributed by atoms with van der Waals surface area (Å²) in [6.07, 6.45) is 1.72. The molecule has 200 valence electrons. The maximum atomic E-state index is 6.33. The van der Waals surface area contributed by atoms with Gasteiger partial charge in [-0.05, 0) is 80.2 Å². The molecular formula is C40H22O2S. The van der Waals surface area contributed by atoms with Crippen LogP contribution in [0.4, 0.5) is 0 Å². The topological polar surface area (TPSA) is 26.3 Å². The van der Waals surface area contributed by atoms with Gasteiger partial charge >= 0.3 is 0 Å². The van der Waals surface area contributed by atoms with Crippen molar-refractivity contribution < 1.29 is 8.83 Å². The Morgan fingerprint density at radius 3 is 1.77 bits per heavy atom. The monoisotopic (exact) mass is 566 g/mol. The Bertz CT molecular complexity index is 2680. The number of hydrogen-bond donors (Lipinski definition) is 0. The third-order valence-electron chi connectivity index (χ3n) is 8.95. The standard InChI is InChI=1S/C40H22O2S/c1-3-10-30-28(8-1)37(24-15-18-34-33(21-24)32-17-13-23-19-20-41-39(23)40(32)42-34)29-9-2-4-11-31(29)38(30)25-14-16-27-26-7-5-6-12-35(26)43-36(27)22-25/h1-22H. The number of fused-ring (bicyclic) bond motifs is 10. The summed E-state index contributed by atoms with van der Waals surface area (Å²) in [6, 6.07) is 46.2. The van der Waals surface area contributed by atoms with E-state index in [4.69, 9.17) is 8.83 Å². The highest BCUT2D eigenvalue weighted by Crippen LogP contribution is 2.46. The Hall–Kier alpha value is -5.38. The Kier molecular flexibility index (Phi) is 4.63. The zero-order valence-corrected chi connectivity index (χ0v) is 23.7. The Morgan fingerprint density at radius 1 is 0.419 bits per heavy atom. The number of benzene rings is 7. The second-order valence-corrected chi connectivity index (χ2v) is 12.3. The van der Waals surface area contributed by atoms with Gasteiger partial charge in [0.05, 0.1) is 6.26 Å². The lowest BCUT2D eigenvalue weighted by Gasteiger charge is -2.18. The molecule has 10 rings (SSSR count). The van der Waals surface area contributed by atoms with Crippen molar-refractivity contribution in [3.05, 3.63) is 134 Å². The maximum Gasteiger partial charge on any atom is 0.178 e. The second-order valence-electron chi connectivity index (χ2n) is 11.2. The van der Waals surface area contributed by atoms with Crippen LogP contribution < -0.4 is 0 Å². The van der Waals surface area contributed by atoms with Gasteiger partial charge in [-0.25, -0.2) is 0 Å². The average molecular weight is 567 g/mol. The normalized spacial score (nSPS) is 12.2. The average Bonchev–Trinajstić information content (AvgIpc) is 3.78. The van der Waals surface area contributed by atoms with Gasteiger partial charge in [-0.15, -0.1) is 11.3 Å². The van der Waals surface area contributed by atoms with Crippen LogP contribution in [0.3, 0.4) is 0 Å². The second kappa shape index (κ2) is 8.57. The van der Waals surface area contributed by atoms with E-state index in [-0.39, 0.29) is 0 Å². The van der Waals surface area contributed by atoms with Crippen molar-refractivity contribution in [3.8, 4) is 22.3 Å². The predicted octanol–water partition coefficient (Wildman–Crippen LogP) is 12.3. The molecule has 3 aromatic heterocycles. The molecule has 0 aliphatic rings. The van der Waals surface area contributed by atoms with E-state index in [1.165, 1.54) is 64.0 Å². The summed E-state index contributed by atoms with van der Waals surface area (Å²) in [5, 5.41) is 10.9. The van der Waals surface area contributed by atoms with E-state index < -0.39 is 0 Å². The van der Waals surface area contributed by atoms with E-state index in [0.717, 1.165) is 32.9 Å². The summed E-state index contributed by atoms with van der Waals surface area (Å²) in [5.41, 5.74) is 7.41. The van der Waals surface area contributed by atoms with Crippen molar-refractivity contribution in [3.63, 3.8) is 0 Å². The number of hydrogen-bond acceptors (Lipinski definition) is 3. The van der Waals surface area contributed by atoms with E-state index in [0.29, 0.717) is 0 Å². The molecule has 43 heavy (non-hydrogen) atoms. The van der Waals surface area contributed by atoms with E-state index in [2.05, 4.69) is 121 Å². The molecule has 0 radical (unpaired) electrons. The molecule has 0 unspecified atom stereocenters. The van der Waals surface area contributed by atoms with Crippen LogP contribution in [0.5, 0.6) is 0 Å². The SMILES string of the molecule is c1ccc2c(c1)sc1cc(-c3c4ccccc4c(-c4ccc5oc6c(ccc7ccoc76)c5c4)c4ccccc34)ccc12. The maximum absolute atomic E-state index is 6.33. The zero-order chi connectivity index (χ0) is 28.1. The van der Waals surface area contributed by atoms with Crippen LogP contribution in [0.25, 0.3) is 96.9 Å². The molecule has 0 spiro atoms. The van der Waals surface area contributed by atoms with E-state index in [1.54, 1.807) is 6.26 Å². The van der Waals surface area contributed by atoms with Crippen LogP contribution in [-0.2, 0) is 0 Å². The minimum absolute atomic E-state index is 0.797. The first-order chi connectivity index (χ1) is 21.3. The lowest BCUT2D eigenvalue weighted by atomic mass is 9.85. The lowest BCUT2D eigenvalue weighted by molar-refractivity contribution is 0.600. The van der Waals surface area contributed by atoms with Gasteiger partial charge in [0.15, 0.2) is 11.2 Å². The molecule has 0 aliphatic heterocycles. The summed E-state index contributed by atoms with van der Waals surface area (Å²) in [6.45, 7) is 0. The van der Waals surface area contributed by atoms with Gasteiger partial charge in [-0.3, -0.25) is 0 Å². The molecule has 3 heteroatoms. The Morgan fingerprint density at radius 2 is 1.02 bits per heavy atom. The van der Waals surface area contributed by atoms with Crippen LogP contribution in [0.1, 0.15) is 0 Å². The number of furan rings is 2. The van der Waals surface area contributed by atoms with Crippen LogP contribution in [-0.4, -0.2) is 0 Å². The lowest BCUT2D eigenvalue weighted by Crippen LogP contribution is -1.90. The molecule has 2 nitrogen and oxygen atoms in total. The first kappa shape index (κ1) is 23.2. The zero-order valence-electron chi connectivity index (χ0n) is 22.9. The highest BCUT2D eigenvalue weighted by Gasteiger charge is 2.19. The minimum Gasteiger partial charge on any atom is -0.460 e. The molecule has 0 saturated carbocycles. The minimum atomic E-state index is 0.797. The van der Waals surface area contributed by atoms with Crippen LogP contribution in [0.15, 0.2) is 142 Å². The molecule has 0 N–H and O–H groups in total. The molecule has 0 fully saturated rings. The van der Waals surface area contributed by atoms with Gasteiger partial charge in [0, 0.05) is 36.3 Å². The van der Waals surface area contributed by atoms with Crippen molar-refractivity contribution in [1.82, 2.24) is 0 Å². The van der Waals surface area contributed by atoms with E-state index >= 15 is 0 Å². The Labute approximate surface area is 250 Å². The summed E-state index contributed by atoms with van der Waals surface area (Å²) >= 11 is 1.87. The summed E-state index contributed by atoms with van der Waals surface area (Å²) in [4.78, 5) is 0. The van der Waals surface area contributed by atoms with Crippen LogP contribution >= 0.6 is 11.3 Å². The van der Waals surface area contributed by atoms with Crippen molar-refractivity contribution in [2.75, 3.05) is 0 Å². The third kappa shape index (κ3) is 3.23. The van der Waals surface area contributed by atoms with E-state index in [9.17, 15) is 0 Å². The largest absolute Gasteiger partial charge is 0.460 e. The van der Waals surface area contributed by atoms with Gasteiger partial charge < -0.3 is 8.83 Å². The van der Waals surface area contributed by atoms with Crippen molar-refractivity contribution in [2.45, 2.75) is 0 Å². The molecule has 0 bridgehead atoms. The smallest absolute Gasteiger partial charge is 0.178 e. The molecule has 0 amide bonds. The molecule has 0 aliphatic carbocycles. The molecule has 10 aromatic rings. The van der Waals surface area contributed by atoms with E-state index in [1.807, 2.05) is 17.4 Å². The fourth-order valence-corrected chi connectivity index (χ4v) is 8.19. The van der Waals surface area contributed by atoms with Crippen LogP contribution in [0.2, 0.25) is 0 Å². The fraction of sp³-hybridized carbons (Fsp3) is 0. The van der Waals surface area contributed by atoms with Gasteiger partial charge in [-0.1, -0.05) is 91.0 Å². The predicted molar refractivity (Wildman–Crippen MR) is 182 cm³/mol. The van der Waals surface area contributed by atoms with Gasteiger partial charge in [0.2, 0.25) is 0 Å². The summed E-state index contributed by atoms with van der Waals surface area (Å²) in [5.74, 6) is 0. The van der Waals surface area contributed by atoms with Gasteiger partial charge in [-0.2, -0.15) is 0 Å². The molecule has 3 heterocycles. The van der Waals surface area contributed by atoms with Gasteiger partial charge in [0.1, 0.15) is 5.58 Å². The first-order valence-corrected chi connectivity index (χ1v) is 15.3. The first-order valence-electron chi connectivity index (χ1n) is 14.5. The molecular weight excluding hydrogens is 545 g/mol. The highest BCUT2D eigenvalue weighted by molar-refractivity contribution is 7.25. The van der Waals surface area contributed by atoms with Crippen LogP contribution in [0, 0.1) is 0 Å². The van der Waals surface area contributed by atoms with Gasteiger partial charge in [0.25, 0.3) is 0 Å². The summed E-state index contributed by atoms with van der Waals surface area (Å²) < 4.78 is 14.8. The molecule has 0 saturated heterocycles. The van der Waals surface area contributed by atoms with Crippen molar-refractivity contribution in [1.29, 1.82) is 0 Å². The highest BCUT2D eigenvalue weighted by atomic mass is 32.1. The number of thiophene rings is 1. The fourth-order valence-electron chi connectivity index (χ4n) is 7.05. The summed E-state index contributed by atoms with van der Waals surface area (Å²) in [7, 11) is 0.